The molecule has 0 bridgehead atoms. The molecule has 7 heteroatoms. The highest BCUT2D eigenvalue weighted by atomic mass is 19.1. The van der Waals surface area contributed by atoms with E-state index in [1.165, 1.54) is 0 Å². The zero-order valence-corrected chi connectivity index (χ0v) is 20.2. The van der Waals surface area contributed by atoms with Crippen LogP contribution in [0.15, 0.2) is 30.0 Å². The van der Waals surface area contributed by atoms with E-state index in [0.717, 1.165) is 68.9 Å². The molecular formula is C28H29FN4O2. The quantitative estimate of drug-likeness (QED) is 0.661. The SMILES string of the molecule is CC1(C)C2=C(C(=O)c3cnc(N4CCC(N5CCOCC5)CC4)c(F)c31)c1ccc(C#N)cc1C2. The number of benzene rings is 1. The molecule has 2 aliphatic heterocycles. The van der Waals surface area contributed by atoms with Gasteiger partial charge in [-0.25, -0.2) is 9.37 Å². The first-order valence-corrected chi connectivity index (χ1v) is 12.5. The summed E-state index contributed by atoms with van der Waals surface area (Å²) in [5.41, 5.74) is 4.13. The van der Waals surface area contributed by atoms with Gasteiger partial charge in [0.15, 0.2) is 17.4 Å². The van der Waals surface area contributed by atoms with E-state index in [-0.39, 0.29) is 11.6 Å². The van der Waals surface area contributed by atoms with E-state index in [0.29, 0.717) is 40.5 Å². The van der Waals surface area contributed by atoms with Gasteiger partial charge in [-0.1, -0.05) is 19.9 Å². The van der Waals surface area contributed by atoms with Crippen molar-refractivity contribution >= 4 is 17.2 Å². The first-order valence-electron chi connectivity index (χ1n) is 12.5. The number of pyridine rings is 1. The molecular weight excluding hydrogens is 443 g/mol. The van der Waals surface area contributed by atoms with Crippen LogP contribution in [0.25, 0.3) is 5.57 Å². The topological polar surface area (TPSA) is 69.5 Å². The van der Waals surface area contributed by atoms with E-state index in [4.69, 9.17) is 4.74 Å². The lowest BCUT2D eigenvalue weighted by atomic mass is 9.68. The zero-order valence-electron chi connectivity index (χ0n) is 20.2. The third-order valence-corrected chi connectivity index (χ3v) is 8.35. The van der Waals surface area contributed by atoms with Crippen molar-refractivity contribution in [3.05, 3.63) is 63.6 Å². The summed E-state index contributed by atoms with van der Waals surface area (Å²) in [6.07, 6.45) is 4.07. The molecule has 0 saturated carbocycles. The first kappa shape index (κ1) is 22.4. The predicted molar refractivity (Wildman–Crippen MR) is 131 cm³/mol. The Labute approximate surface area is 205 Å². The number of aromatic nitrogens is 1. The highest BCUT2D eigenvalue weighted by Crippen LogP contribution is 2.51. The van der Waals surface area contributed by atoms with Gasteiger partial charge < -0.3 is 9.64 Å². The number of hydrogen-bond donors (Lipinski definition) is 0. The van der Waals surface area contributed by atoms with Crippen LogP contribution in [0.4, 0.5) is 10.2 Å². The van der Waals surface area contributed by atoms with Crippen LogP contribution in [0, 0.1) is 17.1 Å². The number of nitriles is 1. The minimum absolute atomic E-state index is 0.165. The average Bonchev–Trinajstić information content (AvgIpc) is 3.28. The fourth-order valence-electron chi connectivity index (χ4n) is 6.44. The Morgan fingerprint density at radius 2 is 1.89 bits per heavy atom. The summed E-state index contributed by atoms with van der Waals surface area (Å²) in [5, 5.41) is 9.30. The maximum atomic E-state index is 16.2. The molecule has 3 heterocycles. The predicted octanol–water partition coefficient (Wildman–Crippen LogP) is 3.88. The summed E-state index contributed by atoms with van der Waals surface area (Å²) in [4.78, 5) is 22.6. The van der Waals surface area contributed by atoms with Crippen LogP contribution in [0.1, 0.15) is 59.3 Å². The lowest BCUT2D eigenvalue weighted by Crippen LogP contribution is -2.49. The number of hydrogen-bond acceptors (Lipinski definition) is 6. The van der Waals surface area contributed by atoms with Crippen LogP contribution in [0.5, 0.6) is 0 Å². The molecule has 6 rings (SSSR count). The van der Waals surface area contributed by atoms with Crippen LogP contribution in [-0.2, 0) is 16.6 Å². The number of fused-ring (bicyclic) bond motifs is 3. The average molecular weight is 473 g/mol. The van der Waals surface area contributed by atoms with Crippen LogP contribution in [0.2, 0.25) is 0 Å². The lowest BCUT2D eigenvalue weighted by Gasteiger charge is -2.41. The Morgan fingerprint density at radius 3 is 2.60 bits per heavy atom. The summed E-state index contributed by atoms with van der Waals surface area (Å²) >= 11 is 0. The molecule has 1 aromatic heterocycles. The number of Topliss-reactive ketones (excluding diaryl/α,β-unsaturated/α-hetero) is 1. The molecule has 6 nitrogen and oxygen atoms in total. The van der Waals surface area contributed by atoms with Gasteiger partial charge >= 0.3 is 0 Å². The molecule has 0 spiro atoms. The molecule has 0 unspecified atom stereocenters. The summed E-state index contributed by atoms with van der Waals surface area (Å²) in [7, 11) is 0. The van der Waals surface area contributed by atoms with E-state index >= 15 is 4.39 Å². The van der Waals surface area contributed by atoms with Gasteiger partial charge in [-0.2, -0.15) is 5.26 Å². The van der Waals surface area contributed by atoms with Gasteiger partial charge in [0.1, 0.15) is 0 Å². The number of carbonyl (C=O) groups is 1. The molecule has 35 heavy (non-hydrogen) atoms. The standard InChI is InChI=1S/C28H29FN4O2/c1-28(2)22-14-18-13-17(15-30)3-4-20(18)23(22)26(34)21-16-31-27(25(29)24(21)28)33-7-5-19(6-8-33)32-9-11-35-12-10-32/h3-4,13,16,19H,5-12,14H2,1-2H3. The molecule has 2 fully saturated rings. The monoisotopic (exact) mass is 472 g/mol. The number of rotatable bonds is 2. The minimum Gasteiger partial charge on any atom is -0.379 e. The Balaban J connectivity index is 1.31. The number of ether oxygens (including phenoxy) is 1. The van der Waals surface area contributed by atoms with Crippen molar-refractivity contribution in [1.29, 1.82) is 5.26 Å². The van der Waals surface area contributed by atoms with Crippen molar-refractivity contribution in [3.63, 3.8) is 0 Å². The number of allylic oxidation sites excluding steroid dienone is 2. The maximum Gasteiger partial charge on any atom is 0.195 e. The first-order chi connectivity index (χ1) is 16.9. The van der Waals surface area contributed by atoms with E-state index in [9.17, 15) is 10.1 Å². The molecule has 0 radical (unpaired) electrons. The minimum atomic E-state index is -0.654. The Morgan fingerprint density at radius 1 is 1.14 bits per heavy atom. The molecule has 4 aliphatic rings. The number of piperidine rings is 1. The second-order valence-corrected chi connectivity index (χ2v) is 10.5. The normalized spacial score (nSPS) is 22.0. The largest absolute Gasteiger partial charge is 0.379 e. The Hall–Kier alpha value is -3.08. The number of anilines is 1. The summed E-state index contributed by atoms with van der Waals surface area (Å²) in [6, 6.07) is 8.12. The third-order valence-electron chi connectivity index (χ3n) is 8.35. The van der Waals surface area contributed by atoms with Gasteiger partial charge in [0.2, 0.25) is 0 Å². The van der Waals surface area contributed by atoms with Gasteiger partial charge in [-0.05, 0) is 48.1 Å². The van der Waals surface area contributed by atoms with Gasteiger partial charge in [-0.3, -0.25) is 9.69 Å². The lowest BCUT2D eigenvalue weighted by molar-refractivity contribution is 0.0114. The molecule has 1 aromatic carbocycles. The van der Waals surface area contributed by atoms with Crippen LogP contribution in [0.3, 0.4) is 0 Å². The second kappa shape index (κ2) is 8.25. The maximum absolute atomic E-state index is 16.2. The number of carbonyl (C=O) groups excluding carboxylic acids is 1. The van der Waals surface area contributed by atoms with E-state index in [2.05, 4.69) is 16.0 Å². The number of halogens is 1. The Kier molecular flexibility index (Phi) is 5.28. The molecule has 2 aromatic rings. The van der Waals surface area contributed by atoms with Crippen molar-refractivity contribution in [2.45, 2.75) is 44.6 Å². The molecule has 0 atom stereocenters. The van der Waals surface area contributed by atoms with Crippen LogP contribution in [-0.4, -0.2) is 61.1 Å². The molecule has 180 valence electrons. The second-order valence-electron chi connectivity index (χ2n) is 10.5. The van der Waals surface area contributed by atoms with Crippen molar-refractivity contribution in [3.8, 4) is 6.07 Å². The van der Waals surface area contributed by atoms with Gasteiger partial charge in [0.05, 0.1) is 24.8 Å². The van der Waals surface area contributed by atoms with Crippen molar-refractivity contribution in [1.82, 2.24) is 9.88 Å². The van der Waals surface area contributed by atoms with Crippen molar-refractivity contribution in [2.75, 3.05) is 44.3 Å². The third kappa shape index (κ3) is 3.42. The molecule has 2 aliphatic carbocycles. The zero-order chi connectivity index (χ0) is 24.3. The molecule has 0 N–H and O–H groups in total. The number of ketones is 1. The summed E-state index contributed by atoms with van der Waals surface area (Å²) < 4.78 is 21.7. The van der Waals surface area contributed by atoms with Gasteiger partial charge in [0, 0.05) is 60.5 Å². The fourth-order valence-corrected chi connectivity index (χ4v) is 6.44. The van der Waals surface area contributed by atoms with E-state index in [1.807, 2.05) is 30.9 Å². The van der Waals surface area contributed by atoms with Gasteiger partial charge in [0.25, 0.3) is 0 Å². The smallest absolute Gasteiger partial charge is 0.195 e. The van der Waals surface area contributed by atoms with Gasteiger partial charge in [-0.15, -0.1) is 0 Å². The van der Waals surface area contributed by atoms with Crippen LogP contribution < -0.4 is 4.90 Å². The number of morpholine rings is 1. The van der Waals surface area contributed by atoms with E-state index < -0.39 is 5.41 Å². The van der Waals surface area contributed by atoms with Crippen molar-refractivity contribution in [2.24, 2.45) is 0 Å². The summed E-state index contributed by atoms with van der Waals surface area (Å²) in [5.74, 6) is -0.177. The highest BCUT2D eigenvalue weighted by molar-refractivity contribution is 6.32. The highest BCUT2D eigenvalue weighted by Gasteiger charge is 2.45. The number of nitrogens with zero attached hydrogens (tertiary/aromatic N) is 4. The van der Waals surface area contributed by atoms with Crippen molar-refractivity contribution < 1.29 is 13.9 Å². The molecule has 0 amide bonds. The molecule has 2 saturated heterocycles. The van der Waals surface area contributed by atoms with E-state index in [1.54, 1.807) is 12.3 Å². The Bertz CT molecular complexity index is 1290. The summed E-state index contributed by atoms with van der Waals surface area (Å²) in [6.45, 7) is 8.98. The fraction of sp³-hybridized carbons (Fsp3) is 0.464. The van der Waals surface area contributed by atoms with Crippen LogP contribution >= 0.6 is 0 Å².